The molecule has 0 fully saturated rings. The molecule has 3 heterocycles. The number of fused-ring (bicyclic) bond motifs is 1. The van der Waals surface area contributed by atoms with Crippen LogP contribution in [0.15, 0.2) is 40.1 Å². The fourth-order valence-electron chi connectivity index (χ4n) is 1.98. The van der Waals surface area contributed by atoms with Gasteiger partial charge >= 0.3 is 6.01 Å². The van der Waals surface area contributed by atoms with Gasteiger partial charge in [-0.25, -0.2) is 0 Å². The highest BCUT2D eigenvalue weighted by molar-refractivity contribution is 7.13. The molecule has 4 rings (SSSR count). The van der Waals surface area contributed by atoms with Gasteiger partial charge in [0.25, 0.3) is 11.8 Å². The first-order chi connectivity index (χ1) is 10.8. The predicted octanol–water partition coefficient (Wildman–Crippen LogP) is 2.78. The van der Waals surface area contributed by atoms with E-state index in [0.29, 0.717) is 23.0 Å². The van der Waals surface area contributed by atoms with Gasteiger partial charge in [0.05, 0.1) is 4.88 Å². The fourth-order valence-corrected chi connectivity index (χ4v) is 2.62. The van der Waals surface area contributed by atoms with E-state index in [0.717, 1.165) is 4.88 Å². The number of rotatable bonds is 3. The Morgan fingerprint density at radius 1 is 1.18 bits per heavy atom. The number of thiophene rings is 1. The van der Waals surface area contributed by atoms with Crippen molar-refractivity contribution >= 4 is 23.3 Å². The molecule has 110 valence electrons. The summed E-state index contributed by atoms with van der Waals surface area (Å²) in [6.45, 7) is 0.161. The molecule has 1 aromatic carbocycles. The largest absolute Gasteiger partial charge is 0.454 e. The van der Waals surface area contributed by atoms with Crippen LogP contribution in [0.25, 0.3) is 10.8 Å². The number of amides is 1. The number of anilines is 1. The van der Waals surface area contributed by atoms with Gasteiger partial charge in [-0.15, -0.1) is 16.4 Å². The standard InChI is InChI=1S/C14H9N3O4S/c18-12(8-3-4-9-10(6-8)20-7-19-9)15-14-17-16-13(21-14)11-2-1-5-22-11/h1-6H,7H2,(H,15,17,18). The van der Waals surface area contributed by atoms with Gasteiger partial charge in [-0.3, -0.25) is 10.1 Å². The number of benzene rings is 1. The molecule has 2 aromatic heterocycles. The van der Waals surface area contributed by atoms with Crippen LogP contribution in [0.5, 0.6) is 11.5 Å². The number of nitrogens with one attached hydrogen (secondary N) is 1. The Hall–Kier alpha value is -2.87. The second kappa shape index (κ2) is 5.15. The van der Waals surface area contributed by atoms with Crippen molar-refractivity contribution in [3.63, 3.8) is 0 Å². The molecule has 1 N–H and O–H groups in total. The van der Waals surface area contributed by atoms with Crippen LogP contribution in [0.2, 0.25) is 0 Å². The summed E-state index contributed by atoms with van der Waals surface area (Å²) in [5.74, 6) is 1.17. The second-order valence-electron chi connectivity index (χ2n) is 4.41. The summed E-state index contributed by atoms with van der Waals surface area (Å²) < 4.78 is 15.9. The fraction of sp³-hybridized carbons (Fsp3) is 0.0714. The molecule has 1 aliphatic rings. The van der Waals surface area contributed by atoms with Crippen molar-refractivity contribution in [3.05, 3.63) is 41.3 Å². The Morgan fingerprint density at radius 2 is 2.09 bits per heavy atom. The maximum atomic E-state index is 12.2. The molecule has 0 saturated carbocycles. The zero-order valence-corrected chi connectivity index (χ0v) is 11.9. The van der Waals surface area contributed by atoms with Crippen molar-refractivity contribution in [1.82, 2.24) is 10.2 Å². The molecule has 0 atom stereocenters. The van der Waals surface area contributed by atoms with Crippen LogP contribution in [0.3, 0.4) is 0 Å². The van der Waals surface area contributed by atoms with Crippen molar-refractivity contribution in [2.75, 3.05) is 12.1 Å². The summed E-state index contributed by atoms with van der Waals surface area (Å²) in [7, 11) is 0. The molecule has 8 heteroatoms. The first kappa shape index (κ1) is 12.8. The van der Waals surface area contributed by atoms with Gasteiger partial charge in [-0.05, 0) is 29.6 Å². The highest BCUT2D eigenvalue weighted by atomic mass is 32.1. The minimum absolute atomic E-state index is 0.0473. The third kappa shape index (κ3) is 2.29. The van der Waals surface area contributed by atoms with E-state index >= 15 is 0 Å². The normalized spacial score (nSPS) is 12.4. The minimum Gasteiger partial charge on any atom is -0.454 e. The smallest absolute Gasteiger partial charge is 0.322 e. The maximum Gasteiger partial charge on any atom is 0.322 e. The van der Waals surface area contributed by atoms with Gasteiger partial charge in [-0.1, -0.05) is 11.2 Å². The lowest BCUT2D eigenvalue weighted by Crippen LogP contribution is -2.12. The van der Waals surface area contributed by atoms with Gasteiger partial charge in [0.2, 0.25) is 6.79 Å². The summed E-state index contributed by atoms with van der Waals surface area (Å²) in [5, 5.41) is 12.2. The molecular formula is C14H9N3O4S. The van der Waals surface area contributed by atoms with Crippen LogP contribution in [0.1, 0.15) is 10.4 Å². The van der Waals surface area contributed by atoms with Gasteiger partial charge in [0, 0.05) is 5.56 Å². The third-order valence-electron chi connectivity index (χ3n) is 3.01. The SMILES string of the molecule is O=C(Nc1nnc(-c2cccs2)o1)c1ccc2c(c1)OCO2. The van der Waals surface area contributed by atoms with E-state index < -0.39 is 0 Å². The van der Waals surface area contributed by atoms with Crippen molar-refractivity contribution in [2.45, 2.75) is 0 Å². The van der Waals surface area contributed by atoms with Gasteiger partial charge < -0.3 is 13.9 Å². The van der Waals surface area contributed by atoms with E-state index in [1.807, 2.05) is 17.5 Å². The van der Waals surface area contributed by atoms with E-state index in [4.69, 9.17) is 13.9 Å². The number of aromatic nitrogens is 2. The van der Waals surface area contributed by atoms with E-state index in [2.05, 4.69) is 15.5 Å². The Morgan fingerprint density at radius 3 is 2.95 bits per heavy atom. The third-order valence-corrected chi connectivity index (χ3v) is 3.87. The van der Waals surface area contributed by atoms with Crippen molar-refractivity contribution < 1.29 is 18.7 Å². The zero-order chi connectivity index (χ0) is 14.9. The van der Waals surface area contributed by atoms with Crippen LogP contribution in [-0.4, -0.2) is 22.9 Å². The van der Waals surface area contributed by atoms with Crippen LogP contribution < -0.4 is 14.8 Å². The number of ether oxygens (including phenoxy) is 2. The van der Waals surface area contributed by atoms with Crippen LogP contribution in [-0.2, 0) is 0 Å². The highest BCUT2D eigenvalue weighted by Gasteiger charge is 2.18. The number of nitrogens with zero attached hydrogens (tertiary/aromatic N) is 2. The molecule has 0 radical (unpaired) electrons. The lowest BCUT2D eigenvalue weighted by atomic mass is 10.2. The average molecular weight is 315 g/mol. The van der Waals surface area contributed by atoms with Crippen LogP contribution in [0, 0.1) is 0 Å². The van der Waals surface area contributed by atoms with Gasteiger partial charge in [0.1, 0.15) is 0 Å². The highest BCUT2D eigenvalue weighted by Crippen LogP contribution is 2.32. The second-order valence-corrected chi connectivity index (χ2v) is 5.36. The van der Waals surface area contributed by atoms with E-state index in [1.165, 1.54) is 11.3 Å². The summed E-state index contributed by atoms with van der Waals surface area (Å²) in [4.78, 5) is 13.0. The van der Waals surface area contributed by atoms with E-state index in [1.54, 1.807) is 18.2 Å². The lowest BCUT2D eigenvalue weighted by Gasteiger charge is -2.02. The molecule has 0 saturated heterocycles. The average Bonchev–Trinajstić information content (AvgIpc) is 3.27. The number of hydrogen-bond acceptors (Lipinski definition) is 7. The summed E-state index contributed by atoms with van der Waals surface area (Å²) in [6, 6.07) is 8.72. The number of carbonyl (C=O) groups excluding carboxylic acids is 1. The molecule has 0 spiro atoms. The number of hydrogen-bond donors (Lipinski definition) is 1. The summed E-state index contributed by atoms with van der Waals surface area (Å²) >= 11 is 1.48. The van der Waals surface area contributed by atoms with Gasteiger partial charge in [-0.2, -0.15) is 0 Å². The van der Waals surface area contributed by atoms with Gasteiger partial charge in [0.15, 0.2) is 11.5 Å². The Kier molecular flexibility index (Phi) is 3.01. The molecule has 0 bridgehead atoms. The van der Waals surface area contributed by atoms with Crippen LogP contribution >= 0.6 is 11.3 Å². The molecule has 7 nitrogen and oxygen atoms in total. The minimum atomic E-state index is -0.361. The molecule has 0 unspecified atom stereocenters. The summed E-state index contributed by atoms with van der Waals surface area (Å²) in [6.07, 6.45) is 0. The van der Waals surface area contributed by atoms with Crippen molar-refractivity contribution in [3.8, 4) is 22.3 Å². The number of carbonyl (C=O) groups is 1. The Bertz CT molecular complexity index is 828. The molecule has 3 aromatic rings. The first-order valence-corrected chi connectivity index (χ1v) is 7.26. The Balaban J connectivity index is 1.52. The maximum absolute atomic E-state index is 12.2. The topological polar surface area (TPSA) is 86.5 Å². The van der Waals surface area contributed by atoms with E-state index in [-0.39, 0.29) is 18.7 Å². The molecule has 0 aliphatic carbocycles. The van der Waals surface area contributed by atoms with Crippen molar-refractivity contribution in [2.24, 2.45) is 0 Å². The molecule has 22 heavy (non-hydrogen) atoms. The first-order valence-electron chi connectivity index (χ1n) is 6.38. The quantitative estimate of drug-likeness (QED) is 0.800. The summed E-state index contributed by atoms with van der Waals surface area (Å²) in [5.41, 5.74) is 0.417. The Labute approximate surface area is 128 Å². The lowest BCUT2D eigenvalue weighted by molar-refractivity contribution is 0.102. The molecular weight excluding hydrogens is 306 g/mol. The zero-order valence-electron chi connectivity index (χ0n) is 11.1. The molecule has 1 amide bonds. The predicted molar refractivity (Wildman–Crippen MR) is 78.1 cm³/mol. The van der Waals surface area contributed by atoms with E-state index in [9.17, 15) is 4.79 Å². The van der Waals surface area contributed by atoms with Crippen LogP contribution in [0.4, 0.5) is 6.01 Å². The van der Waals surface area contributed by atoms with Crippen molar-refractivity contribution in [1.29, 1.82) is 0 Å². The monoisotopic (exact) mass is 315 g/mol. The molecule has 1 aliphatic heterocycles.